The van der Waals surface area contributed by atoms with Crippen molar-refractivity contribution in [3.8, 4) is 11.3 Å². The van der Waals surface area contributed by atoms with Crippen molar-refractivity contribution in [3.05, 3.63) is 78.4 Å². The van der Waals surface area contributed by atoms with E-state index in [1.807, 2.05) is 60.4 Å². The molecule has 1 saturated heterocycles. The van der Waals surface area contributed by atoms with E-state index < -0.39 is 0 Å². The molecule has 0 spiro atoms. The summed E-state index contributed by atoms with van der Waals surface area (Å²) in [6, 6.07) is 15.6. The van der Waals surface area contributed by atoms with Crippen LogP contribution in [0.15, 0.2) is 67.1 Å². The van der Waals surface area contributed by atoms with Crippen LogP contribution in [0.2, 0.25) is 0 Å². The summed E-state index contributed by atoms with van der Waals surface area (Å²) in [5.41, 5.74) is 4.90. The number of amides is 1. The second-order valence-electron chi connectivity index (χ2n) is 7.57. The Morgan fingerprint density at radius 2 is 1.71 bits per heavy atom. The summed E-state index contributed by atoms with van der Waals surface area (Å²) >= 11 is 0. The van der Waals surface area contributed by atoms with Gasteiger partial charge in [0.2, 0.25) is 0 Å². The Bertz CT molecular complexity index is 1220. The van der Waals surface area contributed by atoms with Gasteiger partial charge in [-0.1, -0.05) is 30.3 Å². The van der Waals surface area contributed by atoms with Crippen molar-refractivity contribution in [1.29, 1.82) is 0 Å². The van der Waals surface area contributed by atoms with Crippen molar-refractivity contribution in [2.75, 3.05) is 31.1 Å². The number of rotatable bonds is 3. The molecule has 0 saturated carbocycles. The number of piperazine rings is 1. The zero-order valence-electron chi connectivity index (χ0n) is 17.3. The second kappa shape index (κ2) is 8.10. The monoisotopic (exact) mass is 410 g/mol. The molecule has 2 aromatic heterocycles. The Hall–Kier alpha value is -3.87. The molecule has 7 nitrogen and oxygen atoms in total. The number of aromatic nitrogens is 4. The molecular formula is C24H22N6O. The van der Waals surface area contributed by atoms with E-state index in [1.165, 1.54) is 0 Å². The summed E-state index contributed by atoms with van der Waals surface area (Å²) in [7, 11) is 0. The molecule has 154 valence electrons. The molecule has 31 heavy (non-hydrogen) atoms. The number of hydrogen-bond donors (Lipinski definition) is 0. The van der Waals surface area contributed by atoms with Crippen LogP contribution in [0.25, 0.3) is 22.3 Å². The number of carbonyl (C=O) groups excluding carboxylic acids is 1. The lowest BCUT2D eigenvalue weighted by Gasteiger charge is -2.35. The van der Waals surface area contributed by atoms with Gasteiger partial charge < -0.3 is 9.80 Å². The Labute approximate surface area is 180 Å². The number of hydrogen-bond acceptors (Lipinski definition) is 6. The first-order valence-corrected chi connectivity index (χ1v) is 10.3. The Morgan fingerprint density at radius 3 is 2.45 bits per heavy atom. The molecule has 0 bridgehead atoms. The summed E-state index contributed by atoms with van der Waals surface area (Å²) in [5, 5.41) is 0. The van der Waals surface area contributed by atoms with Gasteiger partial charge in [-0.2, -0.15) is 0 Å². The van der Waals surface area contributed by atoms with Gasteiger partial charge in [0.05, 0.1) is 28.6 Å². The van der Waals surface area contributed by atoms with E-state index in [4.69, 9.17) is 9.97 Å². The van der Waals surface area contributed by atoms with Crippen LogP contribution in [-0.4, -0.2) is 56.9 Å². The first-order chi connectivity index (χ1) is 15.2. The van der Waals surface area contributed by atoms with E-state index in [-0.39, 0.29) is 5.91 Å². The van der Waals surface area contributed by atoms with Crippen LogP contribution < -0.4 is 4.90 Å². The van der Waals surface area contributed by atoms with E-state index >= 15 is 0 Å². The standard InChI is InChI=1S/C24H22N6O/c1-17-23(18-5-3-2-4-6-18)28-21-15-19(7-8-20(21)27-17)24(31)30-13-11-29(12-14-30)22-16-25-9-10-26-22/h2-10,15-16H,11-14H2,1H3. The SMILES string of the molecule is Cc1nc2ccc(C(=O)N3CCN(c4cnccn4)CC3)cc2nc1-c1ccccc1. The van der Waals surface area contributed by atoms with Crippen molar-refractivity contribution >= 4 is 22.8 Å². The lowest BCUT2D eigenvalue weighted by molar-refractivity contribution is 0.0746. The maximum absolute atomic E-state index is 13.1. The quantitative estimate of drug-likeness (QED) is 0.516. The van der Waals surface area contributed by atoms with Crippen LogP contribution in [-0.2, 0) is 0 Å². The highest BCUT2D eigenvalue weighted by Gasteiger charge is 2.23. The molecule has 2 aromatic carbocycles. The van der Waals surface area contributed by atoms with Gasteiger partial charge in [-0.25, -0.2) is 15.0 Å². The zero-order chi connectivity index (χ0) is 21.2. The predicted octanol–water partition coefficient (Wildman–Crippen LogP) is 3.36. The molecule has 1 amide bonds. The highest BCUT2D eigenvalue weighted by atomic mass is 16.2. The average Bonchev–Trinajstić information content (AvgIpc) is 2.84. The van der Waals surface area contributed by atoms with Gasteiger partial charge in [-0.15, -0.1) is 0 Å². The minimum absolute atomic E-state index is 0.0179. The van der Waals surface area contributed by atoms with Crippen LogP contribution in [0.5, 0.6) is 0 Å². The van der Waals surface area contributed by atoms with Gasteiger partial charge >= 0.3 is 0 Å². The van der Waals surface area contributed by atoms with E-state index in [1.54, 1.807) is 18.6 Å². The first-order valence-electron chi connectivity index (χ1n) is 10.3. The van der Waals surface area contributed by atoms with Gasteiger partial charge in [-0.05, 0) is 25.1 Å². The molecule has 0 radical (unpaired) electrons. The lowest BCUT2D eigenvalue weighted by Crippen LogP contribution is -2.49. The third-order valence-corrected chi connectivity index (χ3v) is 5.57. The summed E-state index contributed by atoms with van der Waals surface area (Å²) in [5.74, 6) is 0.865. The highest BCUT2D eigenvalue weighted by Crippen LogP contribution is 2.24. The summed E-state index contributed by atoms with van der Waals surface area (Å²) in [6.07, 6.45) is 5.11. The Kier molecular flexibility index (Phi) is 5.00. The second-order valence-corrected chi connectivity index (χ2v) is 7.57. The van der Waals surface area contributed by atoms with Gasteiger partial charge in [-0.3, -0.25) is 9.78 Å². The largest absolute Gasteiger partial charge is 0.352 e. The highest BCUT2D eigenvalue weighted by molar-refractivity contribution is 5.97. The van der Waals surface area contributed by atoms with E-state index in [9.17, 15) is 4.79 Å². The molecular weight excluding hydrogens is 388 g/mol. The maximum Gasteiger partial charge on any atom is 0.254 e. The lowest BCUT2D eigenvalue weighted by atomic mass is 10.1. The molecule has 7 heteroatoms. The maximum atomic E-state index is 13.1. The summed E-state index contributed by atoms with van der Waals surface area (Å²) in [4.78, 5) is 35.2. The van der Waals surface area contributed by atoms with Crippen molar-refractivity contribution in [1.82, 2.24) is 24.8 Å². The normalized spacial score (nSPS) is 14.1. The number of benzene rings is 2. The topological polar surface area (TPSA) is 75.1 Å². The van der Waals surface area contributed by atoms with Gasteiger partial charge in [0.1, 0.15) is 5.82 Å². The third-order valence-electron chi connectivity index (χ3n) is 5.57. The van der Waals surface area contributed by atoms with Crippen molar-refractivity contribution in [2.45, 2.75) is 6.92 Å². The van der Waals surface area contributed by atoms with Gasteiger partial charge in [0.15, 0.2) is 0 Å². The van der Waals surface area contributed by atoms with E-state index in [2.05, 4.69) is 14.9 Å². The van der Waals surface area contributed by atoms with Crippen LogP contribution in [0.4, 0.5) is 5.82 Å². The van der Waals surface area contributed by atoms with E-state index in [0.717, 1.165) is 46.9 Å². The number of carbonyl (C=O) groups is 1. The number of anilines is 1. The zero-order valence-corrected chi connectivity index (χ0v) is 17.3. The molecule has 1 fully saturated rings. The van der Waals surface area contributed by atoms with Gasteiger partial charge in [0.25, 0.3) is 5.91 Å². The Morgan fingerprint density at radius 1 is 0.903 bits per heavy atom. The van der Waals surface area contributed by atoms with Crippen LogP contribution in [0.1, 0.15) is 16.1 Å². The predicted molar refractivity (Wildman–Crippen MR) is 120 cm³/mol. The van der Waals surface area contributed by atoms with E-state index in [0.29, 0.717) is 18.7 Å². The summed E-state index contributed by atoms with van der Waals surface area (Å²) in [6.45, 7) is 4.71. The smallest absolute Gasteiger partial charge is 0.254 e. The fourth-order valence-electron chi connectivity index (χ4n) is 3.92. The van der Waals surface area contributed by atoms with Crippen molar-refractivity contribution in [2.24, 2.45) is 0 Å². The summed E-state index contributed by atoms with van der Waals surface area (Å²) < 4.78 is 0. The van der Waals surface area contributed by atoms with Crippen LogP contribution >= 0.6 is 0 Å². The number of nitrogens with zero attached hydrogens (tertiary/aromatic N) is 6. The minimum Gasteiger partial charge on any atom is -0.352 e. The molecule has 0 aliphatic carbocycles. The number of aryl methyl sites for hydroxylation is 1. The van der Waals surface area contributed by atoms with Crippen LogP contribution in [0.3, 0.4) is 0 Å². The molecule has 4 aromatic rings. The Balaban J connectivity index is 1.37. The molecule has 0 unspecified atom stereocenters. The van der Waals surface area contributed by atoms with Gasteiger partial charge in [0, 0.05) is 49.7 Å². The molecule has 1 aliphatic heterocycles. The number of fused-ring (bicyclic) bond motifs is 1. The molecule has 3 heterocycles. The third kappa shape index (κ3) is 3.82. The fourth-order valence-corrected chi connectivity index (χ4v) is 3.92. The minimum atomic E-state index is 0.0179. The average molecular weight is 410 g/mol. The molecule has 0 N–H and O–H groups in total. The molecule has 5 rings (SSSR count). The van der Waals surface area contributed by atoms with Crippen molar-refractivity contribution in [3.63, 3.8) is 0 Å². The fraction of sp³-hybridized carbons (Fsp3) is 0.208. The molecule has 1 aliphatic rings. The van der Waals surface area contributed by atoms with Crippen molar-refractivity contribution < 1.29 is 4.79 Å². The first kappa shape index (κ1) is 19.1. The molecule has 0 atom stereocenters. The van der Waals surface area contributed by atoms with Crippen LogP contribution in [0, 0.1) is 6.92 Å².